The maximum Gasteiger partial charge on any atom is 0.134 e. The van der Waals surface area contributed by atoms with Gasteiger partial charge in [0.1, 0.15) is 16.8 Å². The molecule has 2 aromatic rings. The lowest BCUT2D eigenvalue weighted by molar-refractivity contribution is 0.598. The molecular weight excluding hydrogens is 282 g/mol. The fraction of sp³-hybridized carbons (Fsp3) is 0.412. The van der Waals surface area contributed by atoms with E-state index in [1.54, 1.807) is 0 Å². The van der Waals surface area contributed by atoms with Gasteiger partial charge in [-0.1, -0.05) is 42.8 Å². The third-order valence-corrected chi connectivity index (χ3v) is 4.10. The van der Waals surface area contributed by atoms with Crippen LogP contribution in [0.1, 0.15) is 49.2 Å². The number of aryl methyl sites for hydroxylation is 2. The van der Waals surface area contributed by atoms with E-state index in [0.29, 0.717) is 11.2 Å². The molecule has 0 saturated carbocycles. The maximum atomic E-state index is 6.11. The first-order valence-electron chi connectivity index (χ1n) is 7.64. The maximum absolute atomic E-state index is 6.11. The van der Waals surface area contributed by atoms with Crippen LogP contribution in [-0.2, 0) is 12.8 Å². The molecule has 1 heterocycles. The fourth-order valence-corrected chi connectivity index (χ4v) is 3.16. The number of hydrogen-bond donors (Lipinski definition) is 1. The number of rotatable bonds is 4. The van der Waals surface area contributed by atoms with Gasteiger partial charge in [-0.2, -0.15) is 0 Å². The van der Waals surface area contributed by atoms with Gasteiger partial charge in [0.2, 0.25) is 0 Å². The van der Waals surface area contributed by atoms with E-state index in [2.05, 4.69) is 46.5 Å². The lowest BCUT2D eigenvalue weighted by Gasteiger charge is -2.26. The molecule has 3 rings (SSSR count). The Hall–Kier alpha value is -1.61. The number of nitrogens with zero attached hydrogens (tertiary/aromatic N) is 2. The van der Waals surface area contributed by atoms with E-state index >= 15 is 0 Å². The van der Waals surface area contributed by atoms with Gasteiger partial charge in [-0.05, 0) is 36.8 Å². The van der Waals surface area contributed by atoms with Crippen molar-refractivity contribution in [3.8, 4) is 0 Å². The summed E-state index contributed by atoms with van der Waals surface area (Å²) in [7, 11) is 0. The van der Waals surface area contributed by atoms with Crippen LogP contribution < -0.4 is 5.32 Å². The number of aromatic nitrogens is 2. The largest absolute Gasteiger partial charge is 0.363 e. The second-order valence-electron chi connectivity index (χ2n) is 5.53. The zero-order valence-electron chi connectivity index (χ0n) is 12.3. The van der Waals surface area contributed by atoms with Crippen LogP contribution in [0.5, 0.6) is 0 Å². The van der Waals surface area contributed by atoms with E-state index in [1.807, 2.05) is 6.07 Å². The second-order valence-corrected chi connectivity index (χ2v) is 5.92. The zero-order chi connectivity index (χ0) is 14.7. The van der Waals surface area contributed by atoms with E-state index in [0.717, 1.165) is 30.9 Å². The molecule has 1 aromatic carbocycles. The highest BCUT2D eigenvalue weighted by atomic mass is 35.5. The van der Waals surface area contributed by atoms with Crippen LogP contribution in [-0.4, -0.2) is 9.97 Å². The van der Waals surface area contributed by atoms with Gasteiger partial charge in [0, 0.05) is 12.5 Å². The van der Waals surface area contributed by atoms with Crippen molar-refractivity contribution >= 4 is 17.4 Å². The molecule has 1 unspecified atom stereocenters. The highest BCUT2D eigenvalue weighted by Gasteiger charge is 2.20. The van der Waals surface area contributed by atoms with Gasteiger partial charge in [-0.25, -0.2) is 9.97 Å². The summed E-state index contributed by atoms with van der Waals surface area (Å²) in [6, 6.07) is 10.8. The predicted octanol–water partition coefficient (Wildman–Crippen LogP) is 4.57. The van der Waals surface area contributed by atoms with E-state index in [9.17, 15) is 0 Å². The summed E-state index contributed by atoms with van der Waals surface area (Å²) in [5, 5.41) is 4.06. The van der Waals surface area contributed by atoms with Crippen molar-refractivity contribution in [1.29, 1.82) is 0 Å². The van der Waals surface area contributed by atoms with E-state index < -0.39 is 0 Å². The molecule has 3 nitrogen and oxygen atoms in total. The molecule has 0 bridgehead atoms. The molecule has 4 heteroatoms. The van der Waals surface area contributed by atoms with Crippen molar-refractivity contribution in [2.75, 3.05) is 5.32 Å². The van der Waals surface area contributed by atoms with Crippen molar-refractivity contribution in [1.82, 2.24) is 9.97 Å². The summed E-state index contributed by atoms with van der Waals surface area (Å²) < 4.78 is 0. The number of anilines is 1. The molecule has 0 aliphatic heterocycles. The van der Waals surface area contributed by atoms with Crippen LogP contribution in [0.15, 0.2) is 30.3 Å². The molecule has 1 aliphatic rings. The van der Waals surface area contributed by atoms with Crippen molar-refractivity contribution in [2.24, 2.45) is 0 Å². The quantitative estimate of drug-likeness (QED) is 0.840. The number of nitrogens with one attached hydrogen (secondary N) is 1. The summed E-state index contributed by atoms with van der Waals surface area (Å²) in [4.78, 5) is 8.86. The summed E-state index contributed by atoms with van der Waals surface area (Å²) in [6.07, 6.45) is 5.37. The monoisotopic (exact) mass is 301 g/mol. The van der Waals surface area contributed by atoms with Crippen LogP contribution in [0.4, 0.5) is 5.82 Å². The van der Waals surface area contributed by atoms with Crippen molar-refractivity contribution in [2.45, 2.75) is 45.1 Å². The van der Waals surface area contributed by atoms with Crippen LogP contribution >= 0.6 is 11.6 Å². The minimum atomic E-state index is 0.315. The molecule has 0 fully saturated rings. The molecule has 0 saturated heterocycles. The van der Waals surface area contributed by atoms with Gasteiger partial charge in [-0.3, -0.25) is 0 Å². The SMILES string of the molecule is CCCc1nc(Cl)cc(NC2CCCc3ccccc32)n1. The normalized spacial score (nSPS) is 17.3. The Balaban J connectivity index is 1.84. The smallest absolute Gasteiger partial charge is 0.134 e. The molecule has 1 aliphatic carbocycles. The second kappa shape index (κ2) is 6.44. The molecule has 21 heavy (non-hydrogen) atoms. The van der Waals surface area contributed by atoms with Crippen molar-refractivity contribution < 1.29 is 0 Å². The molecule has 1 aromatic heterocycles. The Bertz CT molecular complexity index is 627. The number of fused-ring (bicyclic) bond motifs is 1. The number of halogens is 1. The Morgan fingerprint density at radius 1 is 1.29 bits per heavy atom. The lowest BCUT2D eigenvalue weighted by atomic mass is 9.88. The van der Waals surface area contributed by atoms with Gasteiger partial charge >= 0.3 is 0 Å². The molecule has 1 atom stereocenters. The minimum Gasteiger partial charge on any atom is -0.363 e. The highest BCUT2D eigenvalue weighted by molar-refractivity contribution is 6.29. The Morgan fingerprint density at radius 3 is 3.00 bits per heavy atom. The average Bonchev–Trinajstić information content (AvgIpc) is 2.47. The molecule has 0 spiro atoms. The first kappa shape index (κ1) is 14.3. The zero-order valence-corrected chi connectivity index (χ0v) is 13.0. The molecule has 1 N–H and O–H groups in total. The highest BCUT2D eigenvalue weighted by Crippen LogP contribution is 2.32. The van der Waals surface area contributed by atoms with Crippen LogP contribution in [0.2, 0.25) is 5.15 Å². The summed E-state index contributed by atoms with van der Waals surface area (Å²) in [5.41, 5.74) is 2.82. The number of hydrogen-bond acceptors (Lipinski definition) is 3. The number of benzene rings is 1. The lowest BCUT2D eigenvalue weighted by Crippen LogP contribution is -2.18. The molecular formula is C17H20ClN3. The predicted molar refractivity (Wildman–Crippen MR) is 86.8 cm³/mol. The molecule has 0 radical (unpaired) electrons. The third kappa shape index (κ3) is 3.35. The van der Waals surface area contributed by atoms with Crippen LogP contribution in [0.3, 0.4) is 0 Å². The van der Waals surface area contributed by atoms with Gasteiger partial charge < -0.3 is 5.32 Å². The summed E-state index contributed by atoms with van der Waals surface area (Å²) >= 11 is 6.11. The Morgan fingerprint density at radius 2 is 2.14 bits per heavy atom. The summed E-state index contributed by atoms with van der Waals surface area (Å²) in [5.74, 6) is 1.65. The Kier molecular flexibility index (Phi) is 4.39. The standard InChI is InChI=1S/C17H20ClN3/c1-2-6-16-20-15(18)11-17(21-16)19-14-10-5-8-12-7-3-4-9-13(12)14/h3-4,7,9,11,14H,2,5-6,8,10H2,1H3,(H,19,20,21). The van der Waals surface area contributed by atoms with Crippen molar-refractivity contribution in [3.63, 3.8) is 0 Å². The van der Waals surface area contributed by atoms with Gasteiger partial charge in [0.25, 0.3) is 0 Å². The van der Waals surface area contributed by atoms with E-state index in [-0.39, 0.29) is 0 Å². The first-order chi connectivity index (χ1) is 10.3. The topological polar surface area (TPSA) is 37.8 Å². The van der Waals surface area contributed by atoms with E-state index in [4.69, 9.17) is 11.6 Å². The van der Waals surface area contributed by atoms with Gasteiger partial charge in [-0.15, -0.1) is 0 Å². The van der Waals surface area contributed by atoms with E-state index in [1.165, 1.54) is 24.0 Å². The minimum absolute atomic E-state index is 0.315. The summed E-state index contributed by atoms with van der Waals surface area (Å²) in [6.45, 7) is 2.12. The van der Waals surface area contributed by atoms with Gasteiger partial charge in [0.15, 0.2) is 0 Å². The first-order valence-corrected chi connectivity index (χ1v) is 8.02. The Labute approximate surface area is 130 Å². The van der Waals surface area contributed by atoms with Crippen LogP contribution in [0.25, 0.3) is 0 Å². The van der Waals surface area contributed by atoms with Crippen LogP contribution in [0, 0.1) is 0 Å². The third-order valence-electron chi connectivity index (χ3n) is 3.91. The molecule has 110 valence electrons. The van der Waals surface area contributed by atoms with Crippen molar-refractivity contribution in [3.05, 3.63) is 52.4 Å². The fourth-order valence-electron chi connectivity index (χ4n) is 2.96. The van der Waals surface area contributed by atoms with Gasteiger partial charge in [0.05, 0.1) is 6.04 Å². The molecule has 0 amide bonds. The average molecular weight is 302 g/mol.